The fourth-order valence-electron chi connectivity index (χ4n) is 2.48. The molecule has 1 aromatic carbocycles. The molecule has 0 fully saturated rings. The fourth-order valence-corrected chi connectivity index (χ4v) is 3.31. The Bertz CT molecular complexity index is 961. The van der Waals surface area contributed by atoms with Crippen LogP contribution in [0.15, 0.2) is 40.8 Å². The minimum absolute atomic E-state index is 0.000402. The average Bonchev–Trinajstić information content (AvgIpc) is 3.35. The highest BCUT2D eigenvalue weighted by Crippen LogP contribution is 2.24. The molecule has 0 saturated heterocycles. The lowest BCUT2D eigenvalue weighted by atomic mass is 10.2. The van der Waals surface area contributed by atoms with Crippen LogP contribution in [0, 0.1) is 6.92 Å². The van der Waals surface area contributed by atoms with Gasteiger partial charge < -0.3 is 13.9 Å². The number of aromatic nitrogens is 2. The maximum absolute atomic E-state index is 12.1. The normalized spacial score (nSPS) is 11.8. The number of aryl methyl sites for hydroxylation is 1. The molecular weight excluding hydrogens is 380 g/mol. The first-order valence-electron chi connectivity index (χ1n) is 8.73. The van der Waals surface area contributed by atoms with Crippen LogP contribution in [0.5, 0.6) is 5.75 Å². The van der Waals surface area contributed by atoms with Crippen LogP contribution in [0.25, 0.3) is 11.5 Å². The van der Waals surface area contributed by atoms with E-state index in [-0.39, 0.29) is 24.5 Å². The molecule has 28 heavy (non-hydrogen) atoms. The number of Topliss-reactive ketones (excluding diaryl/α,β-unsaturated/α-hetero) is 1. The number of methoxy groups -OCH3 is 1. The van der Waals surface area contributed by atoms with Gasteiger partial charge >= 0.3 is 5.97 Å². The van der Waals surface area contributed by atoms with Gasteiger partial charge in [0, 0.05) is 16.9 Å². The highest BCUT2D eigenvalue weighted by molar-refractivity contribution is 7.14. The molecular formula is C20H20N2O5S. The molecule has 2 heterocycles. The molecule has 0 aliphatic heterocycles. The monoisotopic (exact) mass is 400 g/mol. The number of esters is 1. The maximum Gasteiger partial charge on any atom is 0.307 e. The molecule has 2 aromatic heterocycles. The number of hydrogen-bond donors (Lipinski definition) is 0. The highest BCUT2D eigenvalue weighted by atomic mass is 32.1. The van der Waals surface area contributed by atoms with Crippen LogP contribution in [0.2, 0.25) is 0 Å². The summed E-state index contributed by atoms with van der Waals surface area (Å²) >= 11 is 1.42. The summed E-state index contributed by atoms with van der Waals surface area (Å²) in [5, 5.41) is 7.93. The van der Waals surface area contributed by atoms with Crippen LogP contribution < -0.4 is 4.74 Å². The van der Waals surface area contributed by atoms with Gasteiger partial charge in [-0.1, -0.05) is 0 Å². The van der Waals surface area contributed by atoms with Gasteiger partial charge in [-0.2, -0.15) is 0 Å². The summed E-state index contributed by atoms with van der Waals surface area (Å²) in [7, 11) is 1.59. The number of rotatable bonds is 8. The van der Waals surface area contributed by atoms with Crippen molar-refractivity contribution >= 4 is 23.1 Å². The minimum Gasteiger partial charge on any atom is -0.497 e. The second kappa shape index (κ2) is 8.79. The van der Waals surface area contributed by atoms with Gasteiger partial charge in [-0.05, 0) is 50.2 Å². The number of carbonyl (C=O) groups is 2. The van der Waals surface area contributed by atoms with Crippen molar-refractivity contribution in [2.24, 2.45) is 0 Å². The number of carbonyl (C=O) groups excluding carboxylic acids is 2. The van der Waals surface area contributed by atoms with Crippen LogP contribution in [0.1, 0.15) is 46.3 Å². The van der Waals surface area contributed by atoms with E-state index >= 15 is 0 Å². The third kappa shape index (κ3) is 4.83. The Hall–Kier alpha value is -3.00. The zero-order valence-electron chi connectivity index (χ0n) is 15.8. The Labute approximate surface area is 166 Å². The molecule has 0 unspecified atom stereocenters. The molecule has 0 aliphatic rings. The van der Waals surface area contributed by atoms with Gasteiger partial charge in [0.1, 0.15) is 5.75 Å². The summed E-state index contributed by atoms with van der Waals surface area (Å²) in [4.78, 5) is 25.8. The minimum atomic E-state index is -0.703. The van der Waals surface area contributed by atoms with Crippen LogP contribution in [0.3, 0.4) is 0 Å². The summed E-state index contributed by atoms with van der Waals surface area (Å²) in [6, 6.07) is 10.8. The molecule has 0 N–H and O–H groups in total. The number of ketones is 1. The summed E-state index contributed by atoms with van der Waals surface area (Å²) in [5.41, 5.74) is 0.731. The Morgan fingerprint density at radius 1 is 1.11 bits per heavy atom. The van der Waals surface area contributed by atoms with Crippen molar-refractivity contribution in [2.45, 2.75) is 32.8 Å². The van der Waals surface area contributed by atoms with Crippen molar-refractivity contribution in [2.75, 3.05) is 7.11 Å². The zero-order valence-corrected chi connectivity index (χ0v) is 16.6. The molecule has 0 aliphatic carbocycles. The van der Waals surface area contributed by atoms with E-state index in [1.807, 2.05) is 13.0 Å². The van der Waals surface area contributed by atoms with Crippen molar-refractivity contribution in [1.82, 2.24) is 10.2 Å². The molecule has 0 radical (unpaired) electrons. The highest BCUT2D eigenvalue weighted by Gasteiger charge is 2.20. The topological polar surface area (TPSA) is 91.5 Å². The van der Waals surface area contributed by atoms with E-state index < -0.39 is 12.1 Å². The van der Waals surface area contributed by atoms with E-state index in [0.29, 0.717) is 10.8 Å². The fraction of sp³-hybridized carbons (Fsp3) is 0.300. The summed E-state index contributed by atoms with van der Waals surface area (Å²) in [5.74, 6) is 0.682. The molecule has 0 bridgehead atoms. The second-order valence-electron chi connectivity index (χ2n) is 6.14. The van der Waals surface area contributed by atoms with Gasteiger partial charge in [-0.3, -0.25) is 9.59 Å². The van der Waals surface area contributed by atoms with Crippen LogP contribution in [-0.2, 0) is 9.53 Å². The van der Waals surface area contributed by atoms with E-state index in [2.05, 4.69) is 10.2 Å². The summed E-state index contributed by atoms with van der Waals surface area (Å²) < 4.78 is 16.0. The number of benzene rings is 1. The first-order chi connectivity index (χ1) is 13.5. The van der Waals surface area contributed by atoms with Gasteiger partial charge in [0.25, 0.3) is 5.89 Å². The van der Waals surface area contributed by atoms with Gasteiger partial charge in [0.05, 0.1) is 18.4 Å². The van der Waals surface area contributed by atoms with E-state index in [4.69, 9.17) is 13.9 Å². The number of nitrogens with zero attached hydrogens (tertiary/aromatic N) is 2. The van der Waals surface area contributed by atoms with Gasteiger partial charge in [-0.15, -0.1) is 21.5 Å². The number of hydrogen-bond acceptors (Lipinski definition) is 8. The van der Waals surface area contributed by atoms with E-state index in [9.17, 15) is 9.59 Å². The predicted molar refractivity (Wildman–Crippen MR) is 103 cm³/mol. The maximum atomic E-state index is 12.1. The second-order valence-corrected chi connectivity index (χ2v) is 7.43. The SMILES string of the molecule is COc1ccc(-c2nnc([C@@H](C)OC(=O)CCC(=O)c3ccc(C)s3)o2)cc1. The van der Waals surface area contributed by atoms with Crippen molar-refractivity contribution in [3.8, 4) is 17.2 Å². The lowest BCUT2D eigenvalue weighted by Gasteiger charge is -2.08. The Balaban J connectivity index is 1.54. The summed E-state index contributed by atoms with van der Waals surface area (Å²) in [6.07, 6.45) is -0.599. The predicted octanol–water partition coefficient (Wildman–Crippen LogP) is 4.38. The summed E-state index contributed by atoms with van der Waals surface area (Å²) in [6.45, 7) is 3.58. The van der Waals surface area contributed by atoms with Gasteiger partial charge in [0.2, 0.25) is 5.89 Å². The Morgan fingerprint density at radius 3 is 2.50 bits per heavy atom. The standard InChI is InChI=1S/C20H20N2O5S/c1-12-4-10-17(28-12)16(23)9-11-18(24)26-13(2)19-21-22-20(27-19)14-5-7-15(25-3)8-6-14/h4-8,10,13H,9,11H2,1-3H3/t13-/m1/s1. The van der Waals surface area contributed by atoms with E-state index in [0.717, 1.165) is 16.2 Å². The van der Waals surface area contributed by atoms with Crippen molar-refractivity contribution < 1.29 is 23.5 Å². The Morgan fingerprint density at radius 2 is 1.86 bits per heavy atom. The number of thiophene rings is 1. The smallest absolute Gasteiger partial charge is 0.307 e. The zero-order chi connectivity index (χ0) is 20.1. The van der Waals surface area contributed by atoms with Crippen LogP contribution >= 0.6 is 11.3 Å². The van der Waals surface area contributed by atoms with Crippen LogP contribution in [-0.4, -0.2) is 29.1 Å². The molecule has 8 heteroatoms. The molecule has 3 rings (SSSR count). The first-order valence-corrected chi connectivity index (χ1v) is 9.55. The van der Waals surface area contributed by atoms with Crippen LogP contribution in [0.4, 0.5) is 0 Å². The molecule has 7 nitrogen and oxygen atoms in total. The third-order valence-electron chi connectivity index (χ3n) is 4.00. The Kier molecular flexibility index (Phi) is 6.20. The molecule has 0 saturated carbocycles. The van der Waals surface area contributed by atoms with Crippen molar-refractivity contribution in [3.63, 3.8) is 0 Å². The van der Waals surface area contributed by atoms with Crippen molar-refractivity contribution in [1.29, 1.82) is 0 Å². The van der Waals surface area contributed by atoms with Crippen molar-refractivity contribution in [3.05, 3.63) is 52.0 Å². The molecule has 1 atom stereocenters. The molecule has 3 aromatic rings. The van der Waals surface area contributed by atoms with E-state index in [1.54, 1.807) is 44.4 Å². The van der Waals surface area contributed by atoms with Gasteiger partial charge in [-0.25, -0.2) is 0 Å². The molecule has 0 spiro atoms. The lowest BCUT2D eigenvalue weighted by Crippen LogP contribution is -2.11. The first kappa shape index (κ1) is 19.8. The largest absolute Gasteiger partial charge is 0.497 e. The third-order valence-corrected chi connectivity index (χ3v) is 5.05. The van der Waals surface area contributed by atoms with E-state index in [1.165, 1.54) is 11.3 Å². The molecule has 146 valence electrons. The van der Waals surface area contributed by atoms with Gasteiger partial charge in [0.15, 0.2) is 11.9 Å². The quantitative estimate of drug-likeness (QED) is 0.409. The number of ether oxygens (including phenoxy) is 2. The average molecular weight is 400 g/mol. The lowest BCUT2D eigenvalue weighted by molar-refractivity contribution is -0.149. The molecule has 0 amide bonds.